The van der Waals surface area contributed by atoms with Crippen LogP contribution in [0.25, 0.3) is 0 Å². The van der Waals surface area contributed by atoms with Gasteiger partial charge in [0.05, 0.1) is 0 Å². The third-order valence-corrected chi connectivity index (χ3v) is 3.22. The zero-order valence-corrected chi connectivity index (χ0v) is 12.9. The second-order valence-corrected chi connectivity index (χ2v) is 4.77. The lowest BCUT2D eigenvalue weighted by molar-refractivity contribution is -0.111. The van der Waals surface area contributed by atoms with Gasteiger partial charge in [-0.3, -0.25) is 0 Å². The van der Waals surface area contributed by atoms with Crippen LogP contribution >= 0.6 is 0 Å². The third kappa shape index (κ3) is 9.47. The van der Waals surface area contributed by atoms with Crippen molar-refractivity contribution in [2.45, 2.75) is 65.7 Å². The minimum absolute atomic E-state index is 0.406. The highest BCUT2D eigenvalue weighted by molar-refractivity contribution is 5.53. The van der Waals surface area contributed by atoms with Crippen molar-refractivity contribution in [2.75, 3.05) is 0 Å². The van der Waals surface area contributed by atoms with Crippen molar-refractivity contribution in [3.05, 3.63) is 35.9 Å². The summed E-state index contributed by atoms with van der Waals surface area (Å²) in [6.07, 6.45) is 9.72. The Balaban J connectivity index is 0.000000303. The lowest BCUT2D eigenvalue weighted by Gasteiger charge is -2.14. The molecule has 0 heterocycles. The van der Waals surface area contributed by atoms with Crippen molar-refractivity contribution in [1.82, 2.24) is 0 Å². The van der Waals surface area contributed by atoms with E-state index in [-0.39, 0.29) is 0 Å². The molecule has 108 valence electrons. The summed E-state index contributed by atoms with van der Waals surface area (Å²) in [6, 6.07) is 10.6. The smallest absolute Gasteiger partial charge is 0.123 e. The van der Waals surface area contributed by atoms with E-state index < -0.39 is 0 Å². The first-order valence-electron chi connectivity index (χ1n) is 7.86. The quantitative estimate of drug-likeness (QED) is 0.664. The Hall–Kier alpha value is -1.11. The van der Waals surface area contributed by atoms with E-state index in [9.17, 15) is 4.79 Å². The van der Waals surface area contributed by atoms with Crippen LogP contribution in [0.3, 0.4) is 0 Å². The molecule has 1 fully saturated rings. The van der Waals surface area contributed by atoms with Crippen LogP contribution < -0.4 is 0 Å². The van der Waals surface area contributed by atoms with Crippen LogP contribution in [-0.2, 0) is 11.2 Å². The van der Waals surface area contributed by atoms with Gasteiger partial charge in [-0.2, -0.15) is 0 Å². The molecular weight excluding hydrogens is 232 g/mol. The van der Waals surface area contributed by atoms with Crippen molar-refractivity contribution < 1.29 is 4.79 Å². The molecule has 1 aromatic carbocycles. The summed E-state index contributed by atoms with van der Waals surface area (Å²) in [5, 5.41) is 0. The van der Waals surface area contributed by atoms with Crippen molar-refractivity contribution >= 4 is 6.29 Å². The van der Waals surface area contributed by atoms with E-state index in [0.29, 0.717) is 5.92 Å². The van der Waals surface area contributed by atoms with Gasteiger partial charge in [-0.05, 0) is 24.8 Å². The molecule has 0 spiro atoms. The monoisotopic (exact) mass is 262 g/mol. The van der Waals surface area contributed by atoms with Gasteiger partial charge < -0.3 is 4.79 Å². The van der Waals surface area contributed by atoms with Gasteiger partial charge in [-0.25, -0.2) is 0 Å². The molecule has 1 saturated carbocycles. The summed E-state index contributed by atoms with van der Waals surface area (Å²) in [5.74, 6) is 0.406. The molecule has 0 bridgehead atoms. The lowest BCUT2D eigenvalue weighted by Crippen LogP contribution is -2.06. The topological polar surface area (TPSA) is 17.1 Å². The zero-order chi connectivity index (χ0) is 14.3. The number of carbonyl (C=O) groups is 1. The second kappa shape index (κ2) is 13.3. The largest absolute Gasteiger partial charge is 0.303 e. The van der Waals surface area contributed by atoms with Crippen LogP contribution in [0.2, 0.25) is 0 Å². The molecule has 1 aliphatic carbocycles. The minimum Gasteiger partial charge on any atom is -0.303 e. The van der Waals surface area contributed by atoms with Crippen molar-refractivity contribution in [2.24, 2.45) is 5.92 Å². The molecule has 0 aliphatic heterocycles. The van der Waals surface area contributed by atoms with Gasteiger partial charge in [-0.15, -0.1) is 0 Å². The summed E-state index contributed by atoms with van der Waals surface area (Å²) >= 11 is 0. The van der Waals surface area contributed by atoms with Crippen molar-refractivity contribution in [3.8, 4) is 0 Å². The molecule has 1 heteroatoms. The lowest BCUT2D eigenvalue weighted by atomic mass is 9.91. The number of hydrogen-bond acceptors (Lipinski definition) is 1. The van der Waals surface area contributed by atoms with E-state index in [4.69, 9.17) is 0 Å². The Morgan fingerprint density at radius 1 is 1.05 bits per heavy atom. The van der Waals surface area contributed by atoms with Crippen LogP contribution in [-0.4, -0.2) is 6.29 Å². The maximum atomic E-state index is 10.2. The first kappa shape index (κ1) is 17.9. The number of hydrogen-bond donors (Lipinski definition) is 0. The summed E-state index contributed by atoms with van der Waals surface area (Å²) in [6.45, 7) is 6.20. The fourth-order valence-electron chi connectivity index (χ4n) is 2.20. The van der Waals surface area contributed by atoms with Crippen LogP contribution in [0.4, 0.5) is 0 Å². The van der Waals surface area contributed by atoms with Gasteiger partial charge in [0.15, 0.2) is 0 Å². The normalized spacial score (nSPS) is 14.5. The number of aryl methyl sites for hydroxylation is 1. The van der Waals surface area contributed by atoms with Crippen LogP contribution in [0.15, 0.2) is 30.3 Å². The zero-order valence-electron chi connectivity index (χ0n) is 12.9. The molecule has 0 N–H and O–H groups in total. The van der Waals surface area contributed by atoms with Gasteiger partial charge >= 0.3 is 0 Å². The Kier molecular flexibility index (Phi) is 12.5. The molecule has 0 unspecified atom stereocenters. The highest BCUT2D eigenvalue weighted by Gasteiger charge is 2.10. The molecule has 1 nitrogen and oxygen atoms in total. The highest BCUT2D eigenvalue weighted by atomic mass is 16.1. The summed E-state index contributed by atoms with van der Waals surface area (Å²) in [4.78, 5) is 10.2. The average Bonchev–Trinajstić information content (AvgIpc) is 2.52. The Bertz CT molecular complexity index is 286. The number of benzene rings is 1. The molecule has 19 heavy (non-hydrogen) atoms. The van der Waals surface area contributed by atoms with E-state index in [1.807, 2.05) is 13.8 Å². The van der Waals surface area contributed by atoms with E-state index >= 15 is 0 Å². The fraction of sp³-hybridized carbons (Fsp3) is 0.611. The Labute approximate surface area is 119 Å². The summed E-state index contributed by atoms with van der Waals surface area (Å²) in [7, 11) is 0. The molecule has 0 atom stereocenters. The van der Waals surface area contributed by atoms with E-state index in [1.165, 1.54) is 37.7 Å². The molecule has 0 amide bonds. The van der Waals surface area contributed by atoms with Crippen molar-refractivity contribution in [3.63, 3.8) is 0 Å². The molecule has 1 aromatic rings. The second-order valence-electron chi connectivity index (χ2n) is 4.77. The van der Waals surface area contributed by atoms with Crippen LogP contribution in [0.5, 0.6) is 0 Å². The van der Waals surface area contributed by atoms with E-state index in [1.54, 1.807) is 0 Å². The summed E-state index contributed by atoms with van der Waals surface area (Å²) in [5.41, 5.74) is 1.44. The first-order chi connectivity index (χ1) is 9.36. The van der Waals surface area contributed by atoms with Crippen molar-refractivity contribution in [1.29, 1.82) is 0 Å². The van der Waals surface area contributed by atoms with Gasteiger partial charge in [0.1, 0.15) is 6.29 Å². The molecular formula is C18H30O. The Morgan fingerprint density at radius 2 is 1.63 bits per heavy atom. The minimum atomic E-state index is 0.406. The molecule has 0 aromatic heterocycles. The average molecular weight is 262 g/mol. The van der Waals surface area contributed by atoms with E-state index in [0.717, 1.165) is 19.1 Å². The Morgan fingerprint density at radius 3 is 2.05 bits per heavy atom. The van der Waals surface area contributed by atoms with Gasteiger partial charge in [-0.1, -0.05) is 76.8 Å². The molecule has 2 rings (SSSR count). The van der Waals surface area contributed by atoms with E-state index in [2.05, 4.69) is 37.3 Å². The molecule has 1 aliphatic rings. The summed E-state index contributed by atoms with van der Waals surface area (Å²) < 4.78 is 0. The van der Waals surface area contributed by atoms with Gasteiger partial charge in [0, 0.05) is 5.92 Å². The standard InChI is InChI=1S/C9H12.C7H12O.C2H6/c1-2-6-9-7-4-3-5-8-9;8-6-7-4-2-1-3-5-7;1-2/h3-5,7-8H,2,6H2,1H3;6-7H,1-5H2;1-2H3. The van der Waals surface area contributed by atoms with Gasteiger partial charge in [0.25, 0.3) is 0 Å². The number of aldehydes is 1. The first-order valence-corrected chi connectivity index (χ1v) is 7.86. The van der Waals surface area contributed by atoms with Gasteiger partial charge in [0.2, 0.25) is 0 Å². The van der Waals surface area contributed by atoms with Crippen LogP contribution in [0, 0.1) is 5.92 Å². The molecule has 0 saturated heterocycles. The number of rotatable bonds is 3. The number of carbonyl (C=O) groups excluding carboxylic acids is 1. The maximum Gasteiger partial charge on any atom is 0.123 e. The fourth-order valence-corrected chi connectivity index (χ4v) is 2.20. The highest BCUT2D eigenvalue weighted by Crippen LogP contribution is 2.21. The predicted octanol–water partition coefficient (Wildman–Crippen LogP) is 5.43. The van der Waals surface area contributed by atoms with Crippen LogP contribution in [0.1, 0.15) is 64.9 Å². The maximum absolute atomic E-state index is 10.2. The third-order valence-electron chi connectivity index (χ3n) is 3.22. The molecule has 0 radical (unpaired) electrons. The SMILES string of the molecule is CC.CCCc1ccccc1.O=CC1CCCCC1. The predicted molar refractivity (Wildman–Crippen MR) is 84.4 cm³/mol.